The molecule has 0 saturated carbocycles. The normalized spacial score (nSPS) is 14.5. The number of hydrogen-bond acceptors (Lipinski definition) is 7. The molecule has 1 aromatic carbocycles. The van der Waals surface area contributed by atoms with E-state index in [-0.39, 0.29) is 24.6 Å². The van der Waals surface area contributed by atoms with E-state index in [0.717, 1.165) is 12.8 Å². The van der Waals surface area contributed by atoms with Crippen LogP contribution >= 0.6 is 0 Å². The van der Waals surface area contributed by atoms with Crippen LogP contribution < -0.4 is 10.1 Å². The highest BCUT2D eigenvalue weighted by molar-refractivity contribution is 6.03. The molecule has 2 aromatic rings. The molecule has 1 aliphatic heterocycles. The van der Waals surface area contributed by atoms with Gasteiger partial charge in [0.05, 0.1) is 13.4 Å². The number of hydrogen-bond donors (Lipinski definition) is 1. The number of imidazole rings is 1. The van der Waals surface area contributed by atoms with E-state index in [9.17, 15) is 14.4 Å². The minimum Gasteiger partial charge on any atom is -0.482 e. The lowest BCUT2D eigenvalue weighted by Crippen LogP contribution is -2.42. The third-order valence-electron chi connectivity index (χ3n) is 5.08. The Kier molecular flexibility index (Phi) is 7.57. The average Bonchev–Trinajstić information content (AvgIpc) is 3.25. The summed E-state index contributed by atoms with van der Waals surface area (Å²) >= 11 is 0. The lowest BCUT2D eigenvalue weighted by molar-refractivity contribution is -0.142. The summed E-state index contributed by atoms with van der Waals surface area (Å²) in [6, 6.07) is 6.61. The molecule has 0 unspecified atom stereocenters. The Morgan fingerprint density at radius 2 is 1.79 bits per heavy atom. The molecule has 2 amide bonds. The standard InChI is InChI=1S/C23H30N4O6/c1-23(2,3)33-22(30)26-11-9-17(10-12-26)27-13-19(24-15-27)25-21(29)16-5-7-18(8-6-16)32-14-20(28)31-4/h5-8,13,15,17H,9-12,14H2,1-4H3,(H,25,29). The SMILES string of the molecule is COC(=O)COc1ccc(C(=O)Nc2cn(C3CCN(C(=O)OC(C)(C)C)CC3)cn2)cc1. The number of likely N-dealkylation sites (tertiary alicyclic amines) is 1. The van der Waals surface area contributed by atoms with Crippen molar-refractivity contribution in [2.24, 2.45) is 0 Å². The number of amides is 2. The summed E-state index contributed by atoms with van der Waals surface area (Å²) < 4.78 is 17.2. The molecule has 1 saturated heterocycles. The number of carbonyl (C=O) groups is 3. The second kappa shape index (κ2) is 10.4. The van der Waals surface area contributed by atoms with E-state index in [2.05, 4.69) is 15.0 Å². The van der Waals surface area contributed by atoms with E-state index >= 15 is 0 Å². The zero-order chi connectivity index (χ0) is 24.0. The van der Waals surface area contributed by atoms with Crippen molar-refractivity contribution in [3.8, 4) is 5.75 Å². The highest BCUT2D eigenvalue weighted by Crippen LogP contribution is 2.25. The first-order chi connectivity index (χ1) is 15.6. The fourth-order valence-electron chi connectivity index (χ4n) is 3.37. The summed E-state index contributed by atoms with van der Waals surface area (Å²) in [5.74, 6) is 0.113. The topological polar surface area (TPSA) is 112 Å². The minimum atomic E-state index is -0.512. The van der Waals surface area contributed by atoms with Gasteiger partial charge >= 0.3 is 12.1 Å². The molecular weight excluding hydrogens is 428 g/mol. The van der Waals surface area contributed by atoms with Crippen LogP contribution in [0.3, 0.4) is 0 Å². The Balaban J connectivity index is 1.50. The quantitative estimate of drug-likeness (QED) is 0.661. The molecule has 1 N–H and O–H groups in total. The van der Waals surface area contributed by atoms with Crippen molar-refractivity contribution in [2.45, 2.75) is 45.3 Å². The number of anilines is 1. The predicted molar refractivity (Wildman–Crippen MR) is 120 cm³/mol. The zero-order valence-corrected chi connectivity index (χ0v) is 19.4. The van der Waals surface area contributed by atoms with E-state index in [1.165, 1.54) is 7.11 Å². The number of methoxy groups -OCH3 is 1. The molecule has 33 heavy (non-hydrogen) atoms. The molecule has 10 heteroatoms. The molecule has 10 nitrogen and oxygen atoms in total. The second-order valence-corrected chi connectivity index (χ2v) is 8.75. The number of nitrogens with zero attached hydrogens (tertiary/aromatic N) is 3. The number of piperidine rings is 1. The van der Waals surface area contributed by atoms with Crippen LogP contribution in [0.2, 0.25) is 0 Å². The van der Waals surface area contributed by atoms with E-state index in [4.69, 9.17) is 9.47 Å². The van der Waals surface area contributed by atoms with Crippen LogP contribution in [0, 0.1) is 0 Å². The predicted octanol–water partition coefficient (Wildman–Crippen LogP) is 3.26. The minimum absolute atomic E-state index is 0.188. The Labute approximate surface area is 192 Å². The summed E-state index contributed by atoms with van der Waals surface area (Å²) in [5.41, 5.74) is -0.0810. The molecule has 0 atom stereocenters. The molecule has 3 rings (SSSR count). The summed E-state index contributed by atoms with van der Waals surface area (Å²) in [4.78, 5) is 41.9. The van der Waals surface area contributed by atoms with Gasteiger partial charge in [-0.2, -0.15) is 0 Å². The smallest absolute Gasteiger partial charge is 0.410 e. The highest BCUT2D eigenvalue weighted by atomic mass is 16.6. The van der Waals surface area contributed by atoms with Crippen molar-refractivity contribution in [2.75, 3.05) is 32.1 Å². The highest BCUT2D eigenvalue weighted by Gasteiger charge is 2.27. The van der Waals surface area contributed by atoms with Crippen LogP contribution in [0.1, 0.15) is 50.0 Å². The maximum absolute atomic E-state index is 12.5. The Hall–Kier alpha value is -3.56. The summed E-state index contributed by atoms with van der Waals surface area (Å²) in [7, 11) is 1.29. The van der Waals surface area contributed by atoms with Gasteiger partial charge in [-0.25, -0.2) is 14.6 Å². The van der Waals surface area contributed by atoms with Gasteiger partial charge in [0.2, 0.25) is 0 Å². The van der Waals surface area contributed by atoms with Crippen molar-refractivity contribution in [1.82, 2.24) is 14.5 Å². The second-order valence-electron chi connectivity index (χ2n) is 8.75. The number of carbonyl (C=O) groups excluding carboxylic acids is 3. The molecule has 1 aliphatic rings. The summed E-state index contributed by atoms with van der Waals surface area (Å²) in [5, 5.41) is 2.78. The Morgan fingerprint density at radius 1 is 1.12 bits per heavy atom. The lowest BCUT2D eigenvalue weighted by Gasteiger charge is -2.33. The van der Waals surface area contributed by atoms with Gasteiger partial charge in [0.25, 0.3) is 5.91 Å². The molecule has 0 radical (unpaired) electrons. The number of esters is 1. The number of benzene rings is 1. The third kappa shape index (κ3) is 6.96. The first-order valence-electron chi connectivity index (χ1n) is 10.8. The zero-order valence-electron chi connectivity index (χ0n) is 19.4. The van der Waals surface area contributed by atoms with E-state index < -0.39 is 11.6 Å². The monoisotopic (exact) mass is 458 g/mol. The van der Waals surface area contributed by atoms with Crippen molar-refractivity contribution in [3.05, 3.63) is 42.4 Å². The molecule has 2 heterocycles. The van der Waals surface area contributed by atoms with Gasteiger partial charge in [0, 0.05) is 30.9 Å². The van der Waals surface area contributed by atoms with Crippen LogP contribution in [0.5, 0.6) is 5.75 Å². The van der Waals surface area contributed by atoms with Gasteiger partial charge in [-0.3, -0.25) is 4.79 Å². The van der Waals surface area contributed by atoms with Crippen LogP contribution in [0.25, 0.3) is 0 Å². The van der Waals surface area contributed by atoms with Crippen LogP contribution in [0.4, 0.5) is 10.6 Å². The summed E-state index contributed by atoms with van der Waals surface area (Å²) in [6.07, 6.45) is 4.74. The molecule has 1 aromatic heterocycles. The van der Waals surface area contributed by atoms with Gasteiger partial charge in [-0.05, 0) is 57.9 Å². The largest absolute Gasteiger partial charge is 0.482 e. The number of nitrogens with one attached hydrogen (secondary N) is 1. The van der Waals surface area contributed by atoms with Crippen molar-refractivity contribution in [3.63, 3.8) is 0 Å². The molecular formula is C23H30N4O6. The maximum Gasteiger partial charge on any atom is 0.410 e. The number of aromatic nitrogens is 2. The Morgan fingerprint density at radius 3 is 2.39 bits per heavy atom. The molecule has 1 fully saturated rings. The number of ether oxygens (including phenoxy) is 3. The van der Waals surface area contributed by atoms with Gasteiger partial charge in [-0.15, -0.1) is 0 Å². The van der Waals surface area contributed by atoms with Crippen molar-refractivity contribution < 1.29 is 28.6 Å². The fraction of sp³-hybridized carbons (Fsp3) is 0.478. The van der Waals surface area contributed by atoms with Crippen LogP contribution in [-0.4, -0.2) is 64.8 Å². The lowest BCUT2D eigenvalue weighted by atomic mass is 10.1. The third-order valence-corrected chi connectivity index (χ3v) is 5.08. The Bertz CT molecular complexity index is 972. The van der Waals surface area contributed by atoms with E-state index in [1.807, 2.05) is 25.3 Å². The van der Waals surface area contributed by atoms with Crippen LogP contribution in [0.15, 0.2) is 36.8 Å². The molecule has 0 spiro atoms. The van der Waals surface area contributed by atoms with Crippen molar-refractivity contribution in [1.29, 1.82) is 0 Å². The van der Waals surface area contributed by atoms with Gasteiger partial charge in [0.15, 0.2) is 12.4 Å². The van der Waals surface area contributed by atoms with Crippen LogP contribution in [-0.2, 0) is 14.3 Å². The summed E-state index contributed by atoms with van der Waals surface area (Å²) in [6.45, 7) is 6.56. The van der Waals surface area contributed by atoms with Gasteiger partial charge < -0.3 is 29.0 Å². The first kappa shape index (κ1) is 24.1. The molecule has 0 bridgehead atoms. The maximum atomic E-state index is 12.5. The fourth-order valence-corrected chi connectivity index (χ4v) is 3.37. The molecule has 178 valence electrons. The molecule has 0 aliphatic carbocycles. The van der Waals surface area contributed by atoms with Crippen molar-refractivity contribution >= 4 is 23.8 Å². The number of rotatable bonds is 6. The first-order valence-corrected chi connectivity index (χ1v) is 10.8. The van der Waals surface area contributed by atoms with Gasteiger partial charge in [-0.1, -0.05) is 0 Å². The van der Waals surface area contributed by atoms with E-state index in [0.29, 0.717) is 30.2 Å². The van der Waals surface area contributed by atoms with Gasteiger partial charge in [0.1, 0.15) is 11.4 Å². The average molecular weight is 459 g/mol. The van der Waals surface area contributed by atoms with E-state index in [1.54, 1.807) is 41.7 Å².